The van der Waals surface area contributed by atoms with Crippen molar-refractivity contribution in [1.29, 1.82) is 0 Å². The van der Waals surface area contributed by atoms with Crippen LogP contribution in [0.15, 0.2) is 22.7 Å². The van der Waals surface area contributed by atoms with Gasteiger partial charge in [-0.1, -0.05) is 33.6 Å². The van der Waals surface area contributed by atoms with Crippen LogP contribution in [0.25, 0.3) is 0 Å². The van der Waals surface area contributed by atoms with Crippen LogP contribution in [0.2, 0.25) is 5.02 Å². The number of benzene rings is 1. The van der Waals surface area contributed by atoms with Crippen molar-refractivity contribution in [3.63, 3.8) is 0 Å². The third kappa shape index (κ3) is 4.95. The van der Waals surface area contributed by atoms with Crippen molar-refractivity contribution in [2.24, 2.45) is 11.8 Å². The second-order valence-corrected chi connectivity index (χ2v) is 7.94. The van der Waals surface area contributed by atoms with Crippen molar-refractivity contribution >= 4 is 27.5 Å². The summed E-state index contributed by atoms with van der Waals surface area (Å²) >= 11 is 9.63. The molecule has 21 heavy (non-hydrogen) atoms. The zero-order valence-electron chi connectivity index (χ0n) is 12.3. The standard InChI is InChI=1S/C17H23BrClNO/c18-14-5-6-15(16(19)9-14)17(21)7-8-20(10-12-1-2-12)11-13-3-4-13/h5-6,9,12-13,17,21H,1-4,7-8,10-11H2. The van der Waals surface area contributed by atoms with Gasteiger partial charge in [0.05, 0.1) is 6.10 Å². The third-order valence-corrected chi connectivity index (χ3v) is 5.29. The molecular weight excluding hydrogens is 350 g/mol. The Hall–Kier alpha value is -0.0900. The molecule has 1 unspecified atom stereocenters. The number of aliphatic hydroxyl groups excluding tert-OH is 1. The number of hydrogen-bond donors (Lipinski definition) is 1. The SMILES string of the molecule is OC(CCN(CC1CC1)CC1CC1)c1ccc(Br)cc1Cl. The van der Waals surface area contributed by atoms with Gasteiger partial charge in [0.25, 0.3) is 0 Å². The maximum Gasteiger partial charge on any atom is 0.0816 e. The molecule has 1 aromatic carbocycles. The minimum Gasteiger partial charge on any atom is -0.388 e. The minimum atomic E-state index is -0.466. The second kappa shape index (κ2) is 6.99. The number of hydrogen-bond acceptors (Lipinski definition) is 2. The Morgan fingerprint density at radius 1 is 1.19 bits per heavy atom. The van der Waals surface area contributed by atoms with Crippen molar-refractivity contribution in [3.05, 3.63) is 33.3 Å². The molecule has 0 bridgehead atoms. The Bertz CT molecular complexity index is 474. The van der Waals surface area contributed by atoms with E-state index in [-0.39, 0.29) is 0 Å². The fourth-order valence-corrected chi connectivity index (χ4v) is 3.62. The molecule has 2 aliphatic rings. The van der Waals surface area contributed by atoms with E-state index in [2.05, 4.69) is 20.8 Å². The van der Waals surface area contributed by atoms with E-state index < -0.39 is 6.10 Å². The minimum absolute atomic E-state index is 0.466. The first-order valence-corrected chi connectivity index (χ1v) is 9.14. The van der Waals surface area contributed by atoms with Crippen LogP contribution in [-0.2, 0) is 0 Å². The summed E-state index contributed by atoms with van der Waals surface area (Å²) in [6, 6.07) is 5.71. The predicted molar refractivity (Wildman–Crippen MR) is 90.6 cm³/mol. The highest BCUT2D eigenvalue weighted by atomic mass is 79.9. The van der Waals surface area contributed by atoms with Crippen molar-refractivity contribution in [2.75, 3.05) is 19.6 Å². The summed E-state index contributed by atoms with van der Waals surface area (Å²) in [5, 5.41) is 11.1. The summed E-state index contributed by atoms with van der Waals surface area (Å²) in [7, 11) is 0. The first-order chi connectivity index (χ1) is 10.1. The Labute approximate surface area is 140 Å². The summed E-state index contributed by atoms with van der Waals surface area (Å²) in [5.41, 5.74) is 0.845. The van der Waals surface area contributed by atoms with Gasteiger partial charge in [0.2, 0.25) is 0 Å². The van der Waals surface area contributed by atoms with E-state index in [1.807, 2.05) is 18.2 Å². The van der Waals surface area contributed by atoms with E-state index >= 15 is 0 Å². The smallest absolute Gasteiger partial charge is 0.0816 e. The maximum atomic E-state index is 10.4. The van der Waals surface area contributed by atoms with Crippen LogP contribution in [0.5, 0.6) is 0 Å². The molecule has 0 amide bonds. The van der Waals surface area contributed by atoms with Crippen LogP contribution < -0.4 is 0 Å². The molecule has 116 valence electrons. The molecule has 1 atom stereocenters. The van der Waals surface area contributed by atoms with E-state index in [0.717, 1.165) is 34.8 Å². The number of aliphatic hydroxyl groups is 1. The first-order valence-electron chi connectivity index (χ1n) is 7.97. The molecule has 0 radical (unpaired) electrons. The molecule has 0 spiro atoms. The van der Waals surface area contributed by atoms with Crippen LogP contribution in [0.4, 0.5) is 0 Å². The van der Waals surface area contributed by atoms with Crippen molar-refractivity contribution < 1.29 is 5.11 Å². The van der Waals surface area contributed by atoms with Gasteiger partial charge in [0.1, 0.15) is 0 Å². The van der Waals surface area contributed by atoms with Gasteiger partial charge in [-0.05, 0) is 61.6 Å². The van der Waals surface area contributed by atoms with Gasteiger partial charge in [-0.3, -0.25) is 0 Å². The van der Waals surface area contributed by atoms with Crippen molar-refractivity contribution in [3.8, 4) is 0 Å². The van der Waals surface area contributed by atoms with Crippen LogP contribution in [-0.4, -0.2) is 29.6 Å². The topological polar surface area (TPSA) is 23.5 Å². The molecule has 0 aromatic heterocycles. The van der Waals surface area contributed by atoms with Crippen LogP contribution in [0.3, 0.4) is 0 Å². The molecule has 0 heterocycles. The molecule has 4 heteroatoms. The predicted octanol–water partition coefficient (Wildman–Crippen LogP) is 4.65. The zero-order chi connectivity index (χ0) is 14.8. The maximum absolute atomic E-state index is 10.4. The average molecular weight is 373 g/mol. The fraction of sp³-hybridized carbons (Fsp3) is 0.647. The Morgan fingerprint density at radius 3 is 2.33 bits per heavy atom. The fourth-order valence-electron chi connectivity index (χ4n) is 2.82. The monoisotopic (exact) mass is 371 g/mol. The zero-order valence-corrected chi connectivity index (χ0v) is 14.6. The number of halogens is 2. The molecule has 1 aromatic rings. The van der Waals surface area contributed by atoms with Gasteiger partial charge in [-0.2, -0.15) is 0 Å². The van der Waals surface area contributed by atoms with Gasteiger partial charge < -0.3 is 10.0 Å². The van der Waals surface area contributed by atoms with E-state index in [1.54, 1.807) is 0 Å². The average Bonchev–Trinajstić information content (AvgIpc) is 3.31. The number of nitrogens with zero attached hydrogens (tertiary/aromatic N) is 1. The largest absolute Gasteiger partial charge is 0.388 e. The third-order valence-electron chi connectivity index (χ3n) is 4.47. The lowest BCUT2D eigenvalue weighted by molar-refractivity contribution is 0.138. The number of rotatable bonds is 8. The van der Waals surface area contributed by atoms with Crippen LogP contribution in [0.1, 0.15) is 43.8 Å². The molecule has 3 rings (SSSR count). The molecule has 2 fully saturated rings. The van der Waals surface area contributed by atoms with Crippen molar-refractivity contribution in [1.82, 2.24) is 4.90 Å². The highest BCUT2D eigenvalue weighted by molar-refractivity contribution is 9.10. The molecular formula is C17H23BrClNO. The summed E-state index contributed by atoms with van der Waals surface area (Å²) in [5.74, 6) is 1.83. The normalized spacial score (nSPS) is 20.0. The molecule has 2 saturated carbocycles. The summed E-state index contributed by atoms with van der Waals surface area (Å²) in [4.78, 5) is 2.56. The Kier molecular flexibility index (Phi) is 5.26. The van der Waals surface area contributed by atoms with Crippen LogP contribution in [0, 0.1) is 11.8 Å². The quantitative estimate of drug-likeness (QED) is 0.718. The van der Waals surface area contributed by atoms with E-state index in [4.69, 9.17) is 11.6 Å². The first kappa shape index (κ1) is 15.8. The van der Waals surface area contributed by atoms with E-state index in [1.165, 1.54) is 38.8 Å². The highest BCUT2D eigenvalue weighted by Crippen LogP contribution is 2.34. The van der Waals surface area contributed by atoms with Gasteiger partial charge in [-0.15, -0.1) is 0 Å². The summed E-state index contributed by atoms with van der Waals surface area (Å²) in [6.07, 6.45) is 5.86. The van der Waals surface area contributed by atoms with Crippen molar-refractivity contribution in [2.45, 2.75) is 38.2 Å². The van der Waals surface area contributed by atoms with Crippen LogP contribution >= 0.6 is 27.5 Å². The van der Waals surface area contributed by atoms with E-state index in [0.29, 0.717) is 5.02 Å². The Morgan fingerprint density at radius 2 is 1.81 bits per heavy atom. The summed E-state index contributed by atoms with van der Waals surface area (Å²) in [6.45, 7) is 3.41. The molecule has 1 N–H and O–H groups in total. The second-order valence-electron chi connectivity index (χ2n) is 6.62. The molecule has 0 aliphatic heterocycles. The lowest BCUT2D eigenvalue weighted by Gasteiger charge is -2.24. The highest BCUT2D eigenvalue weighted by Gasteiger charge is 2.29. The van der Waals surface area contributed by atoms with Gasteiger partial charge >= 0.3 is 0 Å². The molecule has 0 saturated heterocycles. The van der Waals surface area contributed by atoms with Gasteiger partial charge in [-0.25, -0.2) is 0 Å². The van der Waals surface area contributed by atoms with E-state index in [9.17, 15) is 5.11 Å². The van der Waals surface area contributed by atoms with Gasteiger partial charge in [0, 0.05) is 29.1 Å². The lowest BCUT2D eigenvalue weighted by atomic mass is 10.1. The molecule has 2 nitrogen and oxygen atoms in total. The molecule has 2 aliphatic carbocycles. The lowest BCUT2D eigenvalue weighted by Crippen LogP contribution is -2.30. The Balaban J connectivity index is 1.53. The summed E-state index contributed by atoms with van der Waals surface area (Å²) < 4.78 is 0.951. The van der Waals surface area contributed by atoms with Gasteiger partial charge in [0.15, 0.2) is 0 Å².